The van der Waals surface area contributed by atoms with Crippen molar-refractivity contribution in [3.63, 3.8) is 0 Å². The molecule has 0 aliphatic rings. The monoisotopic (exact) mass is 697 g/mol. The van der Waals surface area contributed by atoms with Crippen molar-refractivity contribution in [2.75, 3.05) is 0 Å². The summed E-state index contributed by atoms with van der Waals surface area (Å²) < 4.78 is 2.15. The van der Waals surface area contributed by atoms with Gasteiger partial charge >= 0.3 is 0 Å². The van der Waals surface area contributed by atoms with Crippen molar-refractivity contribution in [2.24, 2.45) is 0 Å². The van der Waals surface area contributed by atoms with Crippen molar-refractivity contribution >= 4 is 43.4 Å². The molecule has 0 amide bonds. The van der Waals surface area contributed by atoms with E-state index in [-0.39, 0.29) is 0 Å². The van der Waals surface area contributed by atoms with Crippen molar-refractivity contribution in [2.45, 2.75) is 0 Å². The maximum atomic E-state index is 10.2. The number of fused-ring (bicyclic) bond motifs is 5. The first-order chi connectivity index (χ1) is 27.2. The van der Waals surface area contributed by atoms with Gasteiger partial charge in [-0.05, 0) is 109 Å². The molecule has 0 unspecified atom stereocenters. The molecule has 0 spiro atoms. The van der Waals surface area contributed by atoms with Crippen LogP contribution in [-0.2, 0) is 0 Å². The molecule has 0 fully saturated rings. The van der Waals surface area contributed by atoms with Gasteiger partial charge in [0.25, 0.3) is 0 Å². The molecule has 55 heavy (non-hydrogen) atoms. The van der Waals surface area contributed by atoms with Crippen molar-refractivity contribution in [1.29, 1.82) is 10.5 Å². The summed E-state index contributed by atoms with van der Waals surface area (Å²) in [4.78, 5) is 0. The largest absolute Gasteiger partial charge is 0.308 e. The number of nitriles is 2. The lowest BCUT2D eigenvalue weighted by atomic mass is 9.85. The van der Waals surface area contributed by atoms with Crippen LogP contribution in [0.15, 0.2) is 188 Å². The molecular weight excluding hydrogens is 667 g/mol. The van der Waals surface area contributed by atoms with Crippen LogP contribution < -0.4 is 0 Å². The third kappa shape index (κ3) is 5.27. The van der Waals surface area contributed by atoms with Gasteiger partial charge in [-0.2, -0.15) is 10.5 Å². The van der Waals surface area contributed by atoms with Gasteiger partial charge in [-0.25, -0.2) is 0 Å². The van der Waals surface area contributed by atoms with E-state index in [1.165, 1.54) is 43.8 Å². The van der Waals surface area contributed by atoms with E-state index in [0.29, 0.717) is 11.1 Å². The van der Waals surface area contributed by atoms with E-state index in [9.17, 15) is 10.5 Å². The van der Waals surface area contributed by atoms with Crippen molar-refractivity contribution in [3.05, 3.63) is 199 Å². The van der Waals surface area contributed by atoms with Gasteiger partial charge in [0.05, 0.1) is 33.9 Å². The summed E-state index contributed by atoms with van der Waals surface area (Å²) in [6.45, 7) is 0. The third-order valence-corrected chi connectivity index (χ3v) is 10.9. The Kier molecular flexibility index (Phi) is 7.58. The molecule has 0 aliphatic carbocycles. The third-order valence-electron chi connectivity index (χ3n) is 10.9. The summed E-state index contributed by atoms with van der Waals surface area (Å²) in [6, 6.07) is 70.5. The van der Waals surface area contributed by atoms with E-state index in [4.69, 9.17) is 0 Å². The van der Waals surface area contributed by atoms with Crippen LogP contribution >= 0.6 is 0 Å². The van der Waals surface area contributed by atoms with Gasteiger partial charge in [-0.1, -0.05) is 146 Å². The van der Waals surface area contributed by atoms with Gasteiger partial charge in [0, 0.05) is 10.8 Å². The van der Waals surface area contributed by atoms with Crippen molar-refractivity contribution in [1.82, 2.24) is 4.57 Å². The molecule has 1 heterocycles. The van der Waals surface area contributed by atoms with Crippen LogP contribution in [0, 0.1) is 22.7 Å². The van der Waals surface area contributed by atoms with E-state index in [1.54, 1.807) is 0 Å². The Balaban J connectivity index is 1.06. The highest BCUT2D eigenvalue weighted by molar-refractivity contribution is 6.21. The average Bonchev–Trinajstić information content (AvgIpc) is 3.59. The van der Waals surface area contributed by atoms with Crippen LogP contribution in [0.3, 0.4) is 0 Å². The average molecular weight is 698 g/mol. The van der Waals surface area contributed by atoms with E-state index in [1.807, 2.05) is 42.5 Å². The fraction of sp³-hybridized carbons (Fsp3) is 0. The lowest BCUT2D eigenvalue weighted by molar-refractivity contribution is 1.17. The van der Waals surface area contributed by atoms with Crippen molar-refractivity contribution < 1.29 is 0 Å². The first-order valence-corrected chi connectivity index (χ1v) is 18.4. The predicted octanol–water partition coefficient (Wildman–Crippen LogP) is 13.5. The molecule has 254 valence electrons. The van der Waals surface area contributed by atoms with Gasteiger partial charge in [0.2, 0.25) is 0 Å². The molecule has 0 bridgehead atoms. The lowest BCUT2D eigenvalue weighted by Crippen LogP contribution is -1.98. The van der Waals surface area contributed by atoms with E-state index < -0.39 is 0 Å². The second-order valence-corrected chi connectivity index (χ2v) is 13.9. The Hall–Kier alpha value is -7.72. The smallest absolute Gasteiger partial charge is 0.101 e. The van der Waals surface area contributed by atoms with E-state index in [2.05, 4.69) is 162 Å². The molecule has 3 nitrogen and oxygen atoms in total. The zero-order valence-electron chi connectivity index (χ0n) is 29.7. The highest BCUT2D eigenvalue weighted by Gasteiger charge is 2.18. The summed E-state index contributed by atoms with van der Waals surface area (Å²) in [6.07, 6.45) is 0. The minimum atomic E-state index is 0.584. The van der Waals surface area contributed by atoms with Crippen LogP contribution in [0.2, 0.25) is 0 Å². The van der Waals surface area contributed by atoms with Crippen LogP contribution in [0.1, 0.15) is 11.1 Å². The molecule has 0 saturated heterocycles. The zero-order chi connectivity index (χ0) is 36.9. The van der Waals surface area contributed by atoms with Crippen LogP contribution in [0.5, 0.6) is 0 Å². The molecular formula is C52H31N3. The topological polar surface area (TPSA) is 52.5 Å². The lowest BCUT2D eigenvalue weighted by Gasteiger charge is -2.18. The summed E-state index contributed by atoms with van der Waals surface area (Å²) in [5.74, 6) is 0. The Labute approximate surface area is 318 Å². The highest BCUT2D eigenvalue weighted by Crippen LogP contribution is 2.44. The predicted molar refractivity (Wildman–Crippen MR) is 227 cm³/mol. The fourth-order valence-corrected chi connectivity index (χ4v) is 8.36. The summed E-state index contributed by atoms with van der Waals surface area (Å²) >= 11 is 0. The number of hydrogen-bond donors (Lipinski definition) is 0. The molecule has 3 heteroatoms. The molecule has 10 aromatic rings. The number of nitrogens with zero attached hydrogens (tertiary/aromatic N) is 3. The normalized spacial score (nSPS) is 11.2. The number of para-hydroxylation sites is 1. The maximum Gasteiger partial charge on any atom is 0.101 e. The first kappa shape index (κ1) is 32.0. The minimum Gasteiger partial charge on any atom is -0.308 e. The number of aromatic nitrogens is 1. The van der Waals surface area contributed by atoms with Gasteiger partial charge in [0.1, 0.15) is 6.07 Å². The quantitative estimate of drug-likeness (QED) is 0.168. The maximum absolute atomic E-state index is 10.2. The standard InChI is InChI=1S/C52H31N3/c53-32-34-21-28-49-47(29-34)42-15-8-9-20-48(42)55(49)50-31-39(26-27-41(50)33-54)36-24-22-35(23-25-36)38-13-10-14-40(30-38)52-45-18-6-4-16-43(45)51(37-11-2-1-3-12-37)44-17-5-7-19-46(44)52/h1-31H. The van der Waals surface area contributed by atoms with E-state index >= 15 is 0 Å². The van der Waals surface area contributed by atoms with E-state index in [0.717, 1.165) is 49.7 Å². The van der Waals surface area contributed by atoms with Crippen LogP contribution in [0.25, 0.3) is 93.5 Å². The van der Waals surface area contributed by atoms with Gasteiger partial charge in [-0.15, -0.1) is 0 Å². The van der Waals surface area contributed by atoms with Gasteiger partial charge in [-0.3, -0.25) is 0 Å². The molecule has 9 aromatic carbocycles. The Morgan fingerprint density at radius 3 is 1.47 bits per heavy atom. The van der Waals surface area contributed by atoms with Crippen LogP contribution in [-0.4, -0.2) is 4.57 Å². The minimum absolute atomic E-state index is 0.584. The second-order valence-electron chi connectivity index (χ2n) is 13.9. The molecule has 0 saturated carbocycles. The van der Waals surface area contributed by atoms with Crippen LogP contribution in [0.4, 0.5) is 0 Å². The number of rotatable bonds is 5. The van der Waals surface area contributed by atoms with Gasteiger partial charge in [0.15, 0.2) is 0 Å². The molecule has 1 aromatic heterocycles. The number of benzene rings is 9. The fourth-order valence-electron chi connectivity index (χ4n) is 8.36. The molecule has 0 atom stereocenters. The molecule has 0 radical (unpaired) electrons. The Morgan fingerprint density at radius 1 is 0.327 bits per heavy atom. The zero-order valence-corrected chi connectivity index (χ0v) is 29.7. The number of hydrogen-bond acceptors (Lipinski definition) is 2. The summed E-state index contributed by atoms with van der Waals surface area (Å²) in [5.41, 5.74) is 13.2. The Morgan fingerprint density at radius 2 is 0.836 bits per heavy atom. The summed E-state index contributed by atoms with van der Waals surface area (Å²) in [5, 5.41) is 26.9. The van der Waals surface area contributed by atoms with Crippen molar-refractivity contribution in [3.8, 4) is 62.3 Å². The highest BCUT2D eigenvalue weighted by atomic mass is 15.0. The second kappa shape index (κ2) is 13.0. The SMILES string of the molecule is N#Cc1ccc2c(c1)c1ccccc1n2-c1cc(-c2ccc(-c3cccc(-c4c5ccccc5c(-c5ccccc5)c5ccccc45)c3)cc2)ccc1C#N. The molecule has 0 aliphatic heterocycles. The molecule has 10 rings (SSSR count). The first-order valence-electron chi connectivity index (χ1n) is 18.4. The van der Waals surface area contributed by atoms with Gasteiger partial charge < -0.3 is 4.57 Å². The molecule has 0 N–H and O–H groups in total. The Bertz CT molecular complexity index is 3150. The summed E-state index contributed by atoms with van der Waals surface area (Å²) in [7, 11) is 0.